The van der Waals surface area contributed by atoms with Crippen LogP contribution >= 0.6 is 0 Å². The lowest BCUT2D eigenvalue weighted by molar-refractivity contribution is -0.0227. The Hall–Kier alpha value is -0.0800. The summed E-state index contributed by atoms with van der Waals surface area (Å²) in [5, 5.41) is 0. The minimum atomic E-state index is 0.313. The summed E-state index contributed by atoms with van der Waals surface area (Å²) < 4.78 is 0. The molecule has 2 heteroatoms. The molecule has 1 saturated carbocycles. The summed E-state index contributed by atoms with van der Waals surface area (Å²) in [6.45, 7) is 13.0. The summed E-state index contributed by atoms with van der Waals surface area (Å²) in [5.74, 6) is 0. The van der Waals surface area contributed by atoms with Gasteiger partial charge in [-0.3, -0.25) is 4.90 Å². The van der Waals surface area contributed by atoms with Crippen molar-refractivity contribution in [1.82, 2.24) is 4.90 Å². The first-order valence-corrected chi connectivity index (χ1v) is 7.74. The van der Waals surface area contributed by atoms with Gasteiger partial charge in [0, 0.05) is 18.6 Å². The van der Waals surface area contributed by atoms with Crippen LogP contribution in [0.3, 0.4) is 0 Å². The molecule has 0 amide bonds. The van der Waals surface area contributed by atoms with Gasteiger partial charge in [-0.05, 0) is 55.9 Å². The zero-order chi connectivity index (χ0) is 13.4. The number of hydrogen-bond acceptors (Lipinski definition) is 2. The molecule has 0 bridgehead atoms. The van der Waals surface area contributed by atoms with E-state index in [0.717, 1.165) is 6.54 Å². The Morgan fingerprint density at radius 2 is 1.50 bits per heavy atom. The molecule has 2 rings (SSSR count). The van der Waals surface area contributed by atoms with Crippen molar-refractivity contribution in [1.29, 1.82) is 0 Å². The van der Waals surface area contributed by atoms with Crippen LogP contribution < -0.4 is 5.73 Å². The molecule has 106 valence electrons. The van der Waals surface area contributed by atoms with Crippen molar-refractivity contribution in [2.24, 2.45) is 16.6 Å². The molecular formula is C16H32N2. The molecule has 2 fully saturated rings. The molecule has 1 heterocycles. The zero-order valence-corrected chi connectivity index (χ0v) is 12.9. The molecule has 0 atom stereocenters. The fraction of sp³-hybridized carbons (Fsp3) is 1.00. The van der Waals surface area contributed by atoms with E-state index in [1.807, 2.05) is 0 Å². The van der Waals surface area contributed by atoms with Gasteiger partial charge in [-0.25, -0.2) is 0 Å². The maximum absolute atomic E-state index is 6.20. The van der Waals surface area contributed by atoms with Gasteiger partial charge in [0.05, 0.1) is 0 Å². The van der Waals surface area contributed by atoms with Gasteiger partial charge in [-0.15, -0.1) is 0 Å². The van der Waals surface area contributed by atoms with Crippen LogP contribution in [0.15, 0.2) is 0 Å². The Balaban J connectivity index is 2.08. The molecule has 0 radical (unpaired) electrons. The standard InChI is InChI=1S/C16H32N2/c1-14(2)7-9-16(12-17,10-8-14)18-11-5-6-15(3,4)13-18/h5-13,17H2,1-4H3. The second-order valence-electron chi connectivity index (χ2n) is 8.28. The molecule has 1 aliphatic heterocycles. The van der Waals surface area contributed by atoms with E-state index >= 15 is 0 Å². The summed E-state index contributed by atoms with van der Waals surface area (Å²) >= 11 is 0. The molecule has 0 aromatic carbocycles. The van der Waals surface area contributed by atoms with Crippen molar-refractivity contribution in [2.75, 3.05) is 19.6 Å². The molecular weight excluding hydrogens is 220 g/mol. The van der Waals surface area contributed by atoms with Gasteiger partial charge < -0.3 is 5.73 Å². The molecule has 0 aromatic rings. The topological polar surface area (TPSA) is 29.3 Å². The van der Waals surface area contributed by atoms with Crippen LogP contribution in [0.1, 0.15) is 66.2 Å². The molecule has 0 spiro atoms. The smallest absolute Gasteiger partial charge is 0.0332 e. The predicted molar refractivity (Wildman–Crippen MR) is 78.6 cm³/mol. The maximum atomic E-state index is 6.20. The fourth-order valence-electron chi connectivity index (χ4n) is 3.87. The van der Waals surface area contributed by atoms with Gasteiger partial charge in [0.15, 0.2) is 0 Å². The first kappa shape index (κ1) is 14.3. The maximum Gasteiger partial charge on any atom is 0.0332 e. The number of nitrogens with zero attached hydrogens (tertiary/aromatic N) is 1. The highest BCUT2D eigenvalue weighted by atomic mass is 15.2. The lowest BCUT2D eigenvalue weighted by Crippen LogP contribution is -2.60. The van der Waals surface area contributed by atoms with Gasteiger partial charge in [-0.2, -0.15) is 0 Å². The van der Waals surface area contributed by atoms with Crippen molar-refractivity contribution in [3.05, 3.63) is 0 Å². The third-order valence-electron chi connectivity index (χ3n) is 5.49. The number of nitrogens with two attached hydrogens (primary N) is 1. The summed E-state index contributed by atoms with van der Waals surface area (Å²) in [6.07, 6.45) is 7.98. The molecule has 0 aromatic heterocycles. The Morgan fingerprint density at radius 1 is 0.889 bits per heavy atom. The summed E-state index contributed by atoms with van der Waals surface area (Å²) in [4.78, 5) is 2.74. The van der Waals surface area contributed by atoms with Crippen molar-refractivity contribution < 1.29 is 0 Å². The number of piperidine rings is 1. The molecule has 18 heavy (non-hydrogen) atoms. The van der Waals surface area contributed by atoms with Gasteiger partial charge >= 0.3 is 0 Å². The number of rotatable bonds is 2. The van der Waals surface area contributed by atoms with E-state index in [0.29, 0.717) is 16.4 Å². The van der Waals surface area contributed by atoms with Gasteiger partial charge in [0.25, 0.3) is 0 Å². The van der Waals surface area contributed by atoms with Crippen LogP contribution in [0.5, 0.6) is 0 Å². The zero-order valence-electron chi connectivity index (χ0n) is 12.9. The second kappa shape index (κ2) is 4.79. The molecule has 1 saturated heterocycles. The lowest BCUT2D eigenvalue weighted by Gasteiger charge is -2.53. The molecule has 2 nitrogen and oxygen atoms in total. The van der Waals surface area contributed by atoms with Crippen LogP contribution in [0.2, 0.25) is 0 Å². The molecule has 2 aliphatic rings. The monoisotopic (exact) mass is 252 g/mol. The van der Waals surface area contributed by atoms with Crippen LogP contribution in [0, 0.1) is 10.8 Å². The van der Waals surface area contributed by atoms with Crippen LogP contribution in [-0.2, 0) is 0 Å². The molecule has 2 N–H and O–H groups in total. The summed E-state index contributed by atoms with van der Waals surface area (Å²) in [5.41, 5.74) is 7.53. The average molecular weight is 252 g/mol. The predicted octanol–water partition coefficient (Wildman–Crippen LogP) is 3.41. The van der Waals surface area contributed by atoms with Gasteiger partial charge in [0.2, 0.25) is 0 Å². The highest BCUT2D eigenvalue weighted by molar-refractivity contribution is 5.00. The highest BCUT2D eigenvalue weighted by Gasteiger charge is 2.44. The summed E-state index contributed by atoms with van der Waals surface area (Å²) in [7, 11) is 0. The minimum absolute atomic E-state index is 0.313. The Kier molecular flexibility index (Phi) is 3.81. The quantitative estimate of drug-likeness (QED) is 0.816. The van der Waals surface area contributed by atoms with E-state index in [9.17, 15) is 0 Å². The Bertz CT molecular complexity index is 283. The first-order valence-electron chi connectivity index (χ1n) is 7.74. The Labute approximate surface area is 113 Å². The van der Waals surface area contributed by atoms with Crippen LogP contribution in [0.4, 0.5) is 0 Å². The van der Waals surface area contributed by atoms with Crippen LogP contribution in [0.25, 0.3) is 0 Å². The summed E-state index contributed by atoms with van der Waals surface area (Å²) in [6, 6.07) is 0. The minimum Gasteiger partial charge on any atom is -0.329 e. The van der Waals surface area contributed by atoms with E-state index in [2.05, 4.69) is 32.6 Å². The highest BCUT2D eigenvalue weighted by Crippen LogP contribution is 2.44. The fourth-order valence-corrected chi connectivity index (χ4v) is 3.87. The second-order valence-corrected chi connectivity index (χ2v) is 8.28. The largest absolute Gasteiger partial charge is 0.329 e. The molecule has 0 unspecified atom stereocenters. The van der Waals surface area contributed by atoms with Crippen molar-refractivity contribution in [3.63, 3.8) is 0 Å². The van der Waals surface area contributed by atoms with E-state index < -0.39 is 0 Å². The third-order valence-corrected chi connectivity index (χ3v) is 5.49. The lowest BCUT2D eigenvalue weighted by atomic mass is 9.67. The van der Waals surface area contributed by atoms with Gasteiger partial charge in [-0.1, -0.05) is 27.7 Å². The van der Waals surface area contributed by atoms with E-state index in [1.54, 1.807) is 0 Å². The molecule has 1 aliphatic carbocycles. The van der Waals surface area contributed by atoms with Gasteiger partial charge in [0.1, 0.15) is 0 Å². The third kappa shape index (κ3) is 2.91. The van der Waals surface area contributed by atoms with E-state index in [1.165, 1.54) is 51.6 Å². The first-order chi connectivity index (χ1) is 8.29. The van der Waals surface area contributed by atoms with Crippen molar-refractivity contribution >= 4 is 0 Å². The SMILES string of the molecule is CC1(C)CCC(CN)(N2CCCC(C)(C)C2)CC1. The van der Waals surface area contributed by atoms with Crippen LogP contribution in [-0.4, -0.2) is 30.1 Å². The Morgan fingerprint density at radius 3 is 2.00 bits per heavy atom. The van der Waals surface area contributed by atoms with E-state index in [-0.39, 0.29) is 0 Å². The van der Waals surface area contributed by atoms with Crippen molar-refractivity contribution in [3.8, 4) is 0 Å². The van der Waals surface area contributed by atoms with Crippen molar-refractivity contribution in [2.45, 2.75) is 71.8 Å². The number of hydrogen-bond donors (Lipinski definition) is 1. The normalized spacial score (nSPS) is 31.2. The number of likely N-dealkylation sites (tertiary alicyclic amines) is 1. The average Bonchev–Trinajstić information content (AvgIpc) is 2.28. The van der Waals surface area contributed by atoms with E-state index in [4.69, 9.17) is 5.73 Å².